The molecule has 0 saturated carbocycles. The van der Waals surface area contributed by atoms with Crippen molar-refractivity contribution in [2.45, 2.75) is 26.1 Å². The zero-order valence-electron chi connectivity index (χ0n) is 15.1. The van der Waals surface area contributed by atoms with E-state index in [0.717, 1.165) is 6.07 Å². The van der Waals surface area contributed by atoms with Gasteiger partial charge in [0, 0.05) is 0 Å². The third-order valence-electron chi connectivity index (χ3n) is 4.40. The van der Waals surface area contributed by atoms with Gasteiger partial charge in [0.05, 0.1) is 0 Å². The first-order valence-electron chi connectivity index (χ1n) is 8.95. The molecule has 0 fully saturated rings. The Morgan fingerprint density at radius 1 is 0.926 bits per heavy atom. The van der Waals surface area contributed by atoms with Gasteiger partial charge in [-0.2, -0.15) is 13.2 Å². The van der Waals surface area contributed by atoms with Crippen LogP contribution in [0.3, 0.4) is 0 Å². The number of nitrogens with one attached hydrogen (secondary N) is 1. The summed E-state index contributed by atoms with van der Waals surface area (Å²) in [5.74, 6) is 0. The van der Waals surface area contributed by atoms with Gasteiger partial charge in [-0.25, -0.2) is 0 Å². The van der Waals surface area contributed by atoms with E-state index in [0.29, 0.717) is 25.1 Å². The van der Waals surface area contributed by atoms with Gasteiger partial charge in [0.2, 0.25) is 0 Å². The fourth-order valence-electron chi connectivity index (χ4n) is 3.10. The Balaban J connectivity index is 1.64. The molecule has 3 rings (SSSR count). The number of benzene rings is 3. The first-order valence-corrected chi connectivity index (χ1v) is 11.6. The standard InChI is InChI=1S/C22H22F3IN/c1-2-26-21-11-10-17(19-8-3-4-9-20(19)21)15-27-13-12-16-6-5-7-18(14-16)22(23,24)25/h3-11,14,27H,2,12-13,15H2,1H3/q-1. The molecule has 0 heterocycles. The summed E-state index contributed by atoms with van der Waals surface area (Å²) in [5.41, 5.74) is 1.35. The van der Waals surface area contributed by atoms with Crippen molar-refractivity contribution >= 4 is 10.8 Å². The van der Waals surface area contributed by atoms with E-state index in [9.17, 15) is 13.2 Å². The van der Waals surface area contributed by atoms with Crippen LogP contribution in [0.25, 0.3) is 10.8 Å². The van der Waals surface area contributed by atoms with Crippen LogP contribution in [0.2, 0.25) is 0 Å². The summed E-state index contributed by atoms with van der Waals surface area (Å²) >= 11 is 0.0419. The zero-order valence-corrected chi connectivity index (χ0v) is 17.3. The predicted octanol–water partition coefficient (Wildman–Crippen LogP) is 2.47. The molecule has 0 amide bonds. The topological polar surface area (TPSA) is 12.0 Å². The van der Waals surface area contributed by atoms with Crippen molar-refractivity contribution in [3.8, 4) is 0 Å². The van der Waals surface area contributed by atoms with Gasteiger partial charge >= 0.3 is 155 Å². The van der Waals surface area contributed by atoms with Crippen LogP contribution in [0.5, 0.6) is 0 Å². The molecule has 0 aliphatic carbocycles. The second-order valence-electron chi connectivity index (χ2n) is 6.28. The molecule has 0 bridgehead atoms. The van der Waals surface area contributed by atoms with Gasteiger partial charge in [-0.3, -0.25) is 0 Å². The van der Waals surface area contributed by atoms with Gasteiger partial charge in [0.15, 0.2) is 0 Å². The van der Waals surface area contributed by atoms with Crippen molar-refractivity contribution in [3.05, 3.63) is 80.9 Å². The van der Waals surface area contributed by atoms with Crippen LogP contribution in [0, 0.1) is 3.57 Å². The molecular formula is C22H22F3IN-. The molecule has 0 aliphatic heterocycles. The van der Waals surface area contributed by atoms with Crippen molar-refractivity contribution in [3.63, 3.8) is 0 Å². The Hall–Kier alpha value is -1.60. The summed E-state index contributed by atoms with van der Waals surface area (Å²) in [5, 5.41) is 5.99. The Labute approximate surface area is 168 Å². The summed E-state index contributed by atoms with van der Waals surface area (Å²) < 4.78 is 41.1. The third kappa shape index (κ3) is 5.23. The molecule has 27 heavy (non-hydrogen) atoms. The molecule has 0 spiro atoms. The van der Waals surface area contributed by atoms with Gasteiger partial charge in [-0.1, -0.05) is 0 Å². The van der Waals surface area contributed by atoms with E-state index in [2.05, 4.69) is 48.6 Å². The molecule has 144 valence electrons. The van der Waals surface area contributed by atoms with Gasteiger partial charge in [-0.15, -0.1) is 0 Å². The molecule has 0 radical (unpaired) electrons. The van der Waals surface area contributed by atoms with Crippen LogP contribution in [-0.4, -0.2) is 11.0 Å². The van der Waals surface area contributed by atoms with Gasteiger partial charge < -0.3 is 0 Å². The first kappa shape index (κ1) is 20.1. The Bertz CT molecular complexity index is 905. The van der Waals surface area contributed by atoms with Gasteiger partial charge in [-0.05, 0) is 0 Å². The van der Waals surface area contributed by atoms with Crippen molar-refractivity contribution in [2.75, 3.05) is 11.0 Å². The van der Waals surface area contributed by atoms with Gasteiger partial charge in [0.25, 0.3) is 0 Å². The average molecular weight is 484 g/mol. The molecule has 0 aromatic heterocycles. The molecule has 0 aliphatic rings. The van der Waals surface area contributed by atoms with E-state index in [4.69, 9.17) is 0 Å². The predicted molar refractivity (Wildman–Crippen MR) is 100 cm³/mol. The van der Waals surface area contributed by atoms with Crippen LogP contribution in [0.15, 0.2) is 60.7 Å². The molecule has 1 N–H and O–H groups in total. The Kier molecular flexibility index (Phi) is 6.76. The van der Waals surface area contributed by atoms with E-state index >= 15 is 0 Å². The van der Waals surface area contributed by atoms with Crippen LogP contribution in [0.4, 0.5) is 13.2 Å². The number of alkyl halides is 4. The maximum atomic E-state index is 12.8. The van der Waals surface area contributed by atoms with Crippen LogP contribution in [-0.2, 0) is 19.1 Å². The van der Waals surface area contributed by atoms with Crippen LogP contribution >= 0.6 is 0 Å². The van der Waals surface area contributed by atoms with Crippen LogP contribution in [0.1, 0.15) is 23.6 Å². The Morgan fingerprint density at radius 3 is 2.44 bits per heavy atom. The molecule has 0 unspecified atom stereocenters. The molecular weight excluding hydrogens is 462 g/mol. The Morgan fingerprint density at radius 2 is 1.70 bits per heavy atom. The summed E-state index contributed by atoms with van der Waals surface area (Å²) in [4.78, 5) is 0. The van der Waals surface area contributed by atoms with E-state index in [1.54, 1.807) is 6.07 Å². The van der Waals surface area contributed by atoms with E-state index < -0.39 is 11.7 Å². The number of hydrogen-bond donors (Lipinski definition) is 1. The fraction of sp³-hybridized carbons (Fsp3) is 0.273. The van der Waals surface area contributed by atoms with Crippen molar-refractivity contribution < 1.29 is 34.4 Å². The summed E-state index contributed by atoms with van der Waals surface area (Å²) in [6.07, 6.45) is -3.72. The fourth-order valence-corrected chi connectivity index (χ4v) is 5.24. The monoisotopic (exact) mass is 484 g/mol. The molecule has 3 aromatic rings. The summed E-state index contributed by atoms with van der Waals surface area (Å²) in [7, 11) is 0. The number of fused-ring (bicyclic) bond motifs is 1. The first-order chi connectivity index (χ1) is 13.0. The molecule has 0 atom stereocenters. The molecule has 3 aromatic carbocycles. The second kappa shape index (κ2) is 9.06. The minimum atomic E-state index is -4.29. The maximum absolute atomic E-state index is 12.8. The number of rotatable bonds is 7. The van der Waals surface area contributed by atoms with E-state index in [1.165, 1.54) is 36.5 Å². The average Bonchev–Trinajstić information content (AvgIpc) is 2.66. The van der Waals surface area contributed by atoms with Crippen LogP contribution < -0.4 is 26.5 Å². The van der Waals surface area contributed by atoms with Crippen molar-refractivity contribution in [1.82, 2.24) is 5.32 Å². The third-order valence-corrected chi connectivity index (χ3v) is 6.92. The normalized spacial score (nSPS) is 12.0. The SMILES string of the molecule is CC[I-]c1ccc(CNCCc2cccc(C(F)(F)F)c2)c2ccccc12. The quantitative estimate of drug-likeness (QED) is 0.309. The number of halogens is 4. The van der Waals surface area contributed by atoms with Gasteiger partial charge in [0.1, 0.15) is 0 Å². The molecule has 1 nitrogen and oxygen atoms in total. The van der Waals surface area contributed by atoms with E-state index in [1.807, 2.05) is 0 Å². The van der Waals surface area contributed by atoms with Crippen molar-refractivity contribution in [1.29, 1.82) is 0 Å². The zero-order chi connectivity index (χ0) is 19.3. The molecule has 0 saturated heterocycles. The second-order valence-corrected chi connectivity index (χ2v) is 9.73. The van der Waals surface area contributed by atoms with Crippen molar-refractivity contribution in [2.24, 2.45) is 0 Å². The van der Waals surface area contributed by atoms with E-state index in [-0.39, 0.29) is 21.2 Å². The minimum absolute atomic E-state index is 0.0419. The molecule has 5 heteroatoms. The summed E-state index contributed by atoms with van der Waals surface area (Å²) in [6.45, 7) is 3.58. The number of hydrogen-bond acceptors (Lipinski definition) is 1. The summed E-state index contributed by atoms with van der Waals surface area (Å²) in [6, 6.07) is 18.5.